The molecule has 1 rings (SSSR count). The van der Waals surface area contributed by atoms with Gasteiger partial charge in [-0.2, -0.15) is 8.42 Å². The average molecular weight is 253 g/mol. The zero-order valence-corrected chi connectivity index (χ0v) is 8.29. The number of hydrogen-bond acceptors (Lipinski definition) is 4. The monoisotopic (exact) mass is 253 g/mol. The van der Waals surface area contributed by atoms with Crippen molar-refractivity contribution in [2.24, 2.45) is 5.14 Å². The topological polar surface area (TPSA) is 115 Å². The number of anilines is 1. The highest BCUT2D eigenvalue weighted by Crippen LogP contribution is 2.28. The quantitative estimate of drug-likeness (QED) is 0.602. The molecule has 0 aliphatic rings. The summed E-state index contributed by atoms with van der Waals surface area (Å²) in [4.78, 5) is 9.27. The van der Waals surface area contributed by atoms with Gasteiger partial charge in [0.1, 0.15) is 5.82 Å². The summed E-state index contributed by atoms with van der Waals surface area (Å²) < 4.78 is 48.3. The van der Waals surface area contributed by atoms with Crippen molar-refractivity contribution in [2.75, 3.05) is 4.72 Å². The normalized spacial score (nSPS) is 11.2. The molecule has 10 heteroatoms. The lowest BCUT2D eigenvalue weighted by molar-refractivity contribution is -0.384. The van der Waals surface area contributed by atoms with Crippen LogP contribution >= 0.6 is 0 Å². The van der Waals surface area contributed by atoms with E-state index in [4.69, 9.17) is 0 Å². The first kappa shape index (κ1) is 12.3. The number of nitro benzene ring substituents is 1. The molecule has 1 aromatic rings. The van der Waals surface area contributed by atoms with E-state index >= 15 is 0 Å². The molecular formula is C6H5F2N3O4S. The number of nitrogens with two attached hydrogens (primary N) is 1. The second kappa shape index (κ2) is 3.98. The van der Waals surface area contributed by atoms with Crippen LogP contribution in [0.5, 0.6) is 0 Å². The predicted molar refractivity (Wildman–Crippen MR) is 49.7 cm³/mol. The molecule has 3 N–H and O–H groups in total. The molecule has 0 aliphatic heterocycles. The van der Waals surface area contributed by atoms with Crippen molar-refractivity contribution in [2.45, 2.75) is 0 Å². The van der Waals surface area contributed by atoms with Gasteiger partial charge in [0.15, 0.2) is 11.5 Å². The smallest absolute Gasteiger partial charge is 0.262 e. The fraction of sp³-hybridized carbons (Fsp3) is 0. The van der Waals surface area contributed by atoms with Crippen molar-refractivity contribution < 1.29 is 22.1 Å². The number of nitrogens with one attached hydrogen (secondary N) is 1. The van der Waals surface area contributed by atoms with E-state index in [-0.39, 0.29) is 0 Å². The second-order valence-electron chi connectivity index (χ2n) is 2.69. The Balaban J connectivity index is 3.41. The lowest BCUT2D eigenvalue weighted by Gasteiger charge is -2.05. The number of rotatable bonds is 3. The van der Waals surface area contributed by atoms with Crippen LogP contribution in [0.1, 0.15) is 0 Å². The number of nitro groups is 1. The van der Waals surface area contributed by atoms with Crippen molar-refractivity contribution in [1.82, 2.24) is 0 Å². The van der Waals surface area contributed by atoms with Gasteiger partial charge in [-0.1, -0.05) is 0 Å². The van der Waals surface area contributed by atoms with Crippen molar-refractivity contribution in [3.05, 3.63) is 33.9 Å². The van der Waals surface area contributed by atoms with Crippen molar-refractivity contribution in [1.29, 1.82) is 0 Å². The maximum atomic E-state index is 13.1. The lowest BCUT2D eigenvalue weighted by Crippen LogP contribution is -2.23. The van der Waals surface area contributed by atoms with Crippen LogP contribution in [-0.4, -0.2) is 13.3 Å². The molecule has 0 atom stereocenters. The molecule has 0 unspecified atom stereocenters. The van der Waals surface area contributed by atoms with Gasteiger partial charge in [0.25, 0.3) is 15.9 Å². The molecule has 1 aromatic carbocycles. The van der Waals surface area contributed by atoms with Crippen LogP contribution in [0.15, 0.2) is 12.1 Å². The Morgan fingerprint density at radius 2 is 1.94 bits per heavy atom. The number of benzene rings is 1. The number of halogens is 2. The standard InChI is InChI=1S/C6H5F2N3O4S/c7-3-1-4(8)6(10-16(9,14)15)5(2-3)11(12)13/h1-2,10H,(H2,9,14,15). The first-order chi connectivity index (χ1) is 7.20. The molecule has 0 fully saturated rings. The highest BCUT2D eigenvalue weighted by atomic mass is 32.2. The minimum Gasteiger partial charge on any atom is -0.262 e. The van der Waals surface area contributed by atoms with E-state index in [0.29, 0.717) is 12.1 Å². The molecule has 0 amide bonds. The fourth-order valence-corrected chi connectivity index (χ4v) is 1.43. The van der Waals surface area contributed by atoms with Gasteiger partial charge in [-0.15, -0.1) is 0 Å². The molecule has 0 saturated heterocycles. The van der Waals surface area contributed by atoms with Gasteiger partial charge < -0.3 is 0 Å². The molecule has 0 aromatic heterocycles. The fourth-order valence-electron chi connectivity index (χ4n) is 0.947. The third kappa shape index (κ3) is 2.84. The third-order valence-corrected chi connectivity index (χ3v) is 1.96. The predicted octanol–water partition coefficient (Wildman–Crippen LogP) is 0.488. The van der Waals surface area contributed by atoms with E-state index in [2.05, 4.69) is 5.14 Å². The Morgan fingerprint density at radius 1 is 1.38 bits per heavy atom. The lowest BCUT2D eigenvalue weighted by atomic mass is 10.2. The first-order valence-corrected chi connectivity index (χ1v) is 5.19. The molecule has 16 heavy (non-hydrogen) atoms. The van der Waals surface area contributed by atoms with Gasteiger partial charge >= 0.3 is 0 Å². The molecular weight excluding hydrogens is 248 g/mol. The highest BCUT2D eigenvalue weighted by molar-refractivity contribution is 7.90. The molecule has 0 heterocycles. The second-order valence-corrected chi connectivity index (χ2v) is 3.98. The summed E-state index contributed by atoms with van der Waals surface area (Å²) in [6.45, 7) is 0. The summed E-state index contributed by atoms with van der Waals surface area (Å²) in [7, 11) is -4.39. The molecule has 0 aliphatic carbocycles. The van der Waals surface area contributed by atoms with Crippen LogP contribution < -0.4 is 9.86 Å². The summed E-state index contributed by atoms with van der Waals surface area (Å²) in [5.41, 5.74) is -2.07. The van der Waals surface area contributed by atoms with Crippen LogP contribution in [0.25, 0.3) is 0 Å². The van der Waals surface area contributed by atoms with Crippen LogP contribution in [0, 0.1) is 21.7 Å². The Labute approximate surface area is 88.2 Å². The van der Waals surface area contributed by atoms with E-state index in [1.807, 2.05) is 0 Å². The van der Waals surface area contributed by atoms with Crippen LogP contribution in [-0.2, 0) is 10.2 Å². The van der Waals surface area contributed by atoms with Crippen molar-refractivity contribution in [3.8, 4) is 0 Å². The van der Waals surface area contributed by atoms with E-state index in [1.165, 1.54) is 4.72 Å². The Kier molecular flexibility index (Phi) is 3.05. The molecule has 0 saturated carbocycles. The summed E-state index contributed by atoms with van der Waals surface area (Å²) in [6.07, 6.45) is 0. The molecule has 0 bridgehead atoms. The summed E-state index contributed by atoms with van der Waals surface area (Å²) in [5.74, 6) is -2.63. The Hall–Kier alpha value is -1.81. The minimum absolute atomic E-state index is 0.292. The van der Waals surface area contributed by atoms with Crippen molar-refractivity contribution >= 4 is 21.6 Å². The SMILES string of the molecule is NS(=O)(=O)Nc1c(F)cc(F)cc1[N+](=O)[O-]. The van der Waals surface area contributed by atoms with Crippen LogP contribution in [0.4, 0.5) is 20.2 Å². The van der Waals surface area contributed by atoms with Gasteiger partial charge in [0.2, 0.25) is 0 Å². The molecule has 88 valence electrons. The number of hydrogen-bond donors (Lipinski definition) is 2. The average Bonchev–Trinajstić information content (AvgIpc) is 2.07. The summed E-state index contributed by atoms with van der Waals surface area (Å²) in [5, 5.41) is 14.9. The van der Waals surface area contributed by atoms with Gasteiger partial charge in [0, 0.05) is 6.07 Å². The Morgan fingerprint density at radius 3 is 2.38 bits per heavy atom. The zero-order valence-electron chi connectivity index (χ0n) is 7.48. The largest absolute Gasteiger partial charge is 0.299 e. The minimum atomic E-state index is -4.39. The van der Waals surface area contributed by atoms with E-state index in [0.717, 1.165) is 0 Å². The van der Waals surface area contributed by atoms with Crippen LogP contribution in [0.3, 0.4) is 0 Å². The van der Waals surface area contributed by atoms with Gasteiger partial charge in [-0.3, -0.25) is 14.8 Å². The van der Waals surface area contributed by atoms with Gasteiger partial charge in [0.05, 0.1) is 11.0 Å². The van der Waals surface area contributed by atoms with Gasteiger partial charge in [-0.25, -0.2) is 13.9 Å². The zero-order chi connectivity index (χ0) is 12.5. The van der Waals surface area contributed by atoms with Crippen molar-refractivity contribution in [3.63, 3.8) is 0 Å². The number of nitrogens with zero attached hydrogens (tertiary/aromatic N) is 1. The van der Waals surface area contributed by atoms with E-state index in [9.17, 15) is 27.3 Å². The molecule has 0 radical (unpaired) electrons. The van der Waals surface area contributed by atoms with E-state index < -0.39 is 38.1 Å². The third-order valence-electron chi connectivity index (χ3n) is 1.48. The Bertz CT molecular complexity index is 545. The first-order valence-electron chi connectivity index (χ1n) is 3.64. The molecule has 0 spiro atoms. The maximum absolute atomic E-state index is 13.1. The van der Waals surface area contributed by atoms with Gasteiger partial charge in [-0.05, 0) is 0 Å². The summed E-state index contributed by atoms with van der Waals surface area (Å²) in [6, 6.07) is 0.664. The summed E-state index contributed by atoms with van der Waals surface area (Å²) >= 11 is 0. The highest BCUT2D eigenvalue weighted by Gasteiger charge is 2.22. The molecule has 7 nitrogen and oxygen atoms in total. The van der Waals surface area contributed by atoms with Crippen LogP contribution in [0.2, 0.25) is 0 Å². The maximum Gasteiger partial charge on any atom is 0.299 e. The van der Waals surface area contributed by atoms with E-state index in [1.54, 1.807) is 0 Å².